The second kappa shape index (κ2) is 6.10. The smallest absolute Gasteiger partial charge is 0.257 e. The van der Waals surface area contributed by atoms with Gasteiger partial charge in [0.05, 0.1) is 5.56 Å². The van der Waals surface area contributed by atoms with Crippen LogP contribution >= 0.6 is 0 Å². The molecular weight excluding hydrogens is 278 g/mol. The van der Waals surface area contributed by atoms with E-state index < -0.39 is 0 Å². The molecule has 1 aliphatic rings. The lowest BCUT2D eigenvalue weighted by atomic mass is 9.99. The number of benzene rings is 2. The summed E-state index contributed by atoms with van der Waals surface area (Å²) >= 11 is 0. The van der Waals surface area contributed by atoms with E-state index in [2.05, 4.69) is 12.1 Å². The number of aromatic hydroxyl groups is 2. The molecule has 0 aliphatic carbocycles. The molecule has 0 aromatic heterocycles. The van der Waals surface area contributed by atoms with Gasteiger partial charge in [0.1, 0.15) is 11.5 Å². The number of phenolic OH excluding ortho intramolecular Hbond substituents is 2. The van der Waals surface area contributed by atoms with Crippen LogP contribution in [0.4, 0.5) is 0 Å². The normalized spacial score (nSPS) is 17.6. The summed E-state index contributed by atoms with van der Waals surface area (Å²) in [6.45, 7) is 1.41. The monoisotopic (exact) mass is 297 g/mol. The van der Waals surface area contributed by atoms with Crippen LogP contribution in [-0.2, 0) is 6.42 Å². The van der Waals surface area contributed by atoms with Gasteiger partial charge in [-0.3, -0.25) is 4.79 Å². The highest BCUT2D eigenvalue weighted by atomic mass is 16.3. The third kappa shape index (κ3) is 3.06. The van der Waals surface area contributed by atoms with Crippen molar-refractivity contribution in [2.45, 2.75) is 12.8 Å². The fourth-order valence-corrected chi connectivity index (χ4v) is 3.00. The molecule has 0 spiro atoms. The number of rotatable bonds is 3. The molecule has 4 nitrogen and oxygen atoms in total. The van der Waals surface area contributed by atoms with Crippen LogP contribution in [0, 0.1) is 5.92 Å². The van der Waals surface area contributed by atoms with E-state index in [1.165, 1.54) is 23.8 Å². The minimum absolute atomic E-state index is 0.0440. The Labute approximate surface area is 129 Å². The predicted molar refractivity (Wildman–Crippen MR) is 83.9 cm³/mol. The van der Waals surface area contributed by atoms with E-state index in [9.17, 15) is 15.0 Å². The van der Waals surface area contributed by atoms with Crippen molar-refractivity contribution >= 4 is 5.91 Å². The van der Waals surface area contributed by atoms with Crippen LogP contribution in [0.2, 0.25) is 0 Å². The van der Waals surface area contributed by atoms with Crippen molar-refractivity contribution in [3.63, 3.8) is 0 Å². The van der Waals surface area contributed by atoms with Gasteiger partial charge in [-0.05, 0) is 36.5 Å². The molecule has 0 bridgehead atoms. The molecule has 1 heterocycles. The van der Waals surface area contributed by atoms with Gasteiger partial charge in [-0.1, -0.05) is 30.3 Å². The molecule has 1 atom stereocenters. The summed E-state index contributed by atoms with van der Waals surface area (Å²) in [5.41, 5.74) is 1.53. The minimum Gasteiger partial charge on any atom is -0.508 e. The topological polar surface area (TPSA) is 60.8 Å². The third-order valence-corrected chi connectivity index (χ3v) is 4.15. The summed E-state index contributed by atoms with van der Waals surface area (Å²) in [5, 5.41) is 19.1. The SMILES string of the molecule is O=C(c1ccc(O)cc1O)N1CC[C@@H](Cc2ccccc2)C1. The van der Waals surface area contributed by atoms with Crippen LogP contribution in [-0.4, -0.2) is 34.1 Å². The molecule has 4 heteroatoms. The van der Waals surface area contributed by atoms with Crippen molar-refractivity contribution in [1.82, 2.24) is 4.90 Å². The number of nitrogens with zero attached hydrogens (tertiary/aromatic N) is 1. The fraction of sp³-hybridized carbons (Fsp3) is 0.278. The molecule has 1 fully saturated rings. The first-order chi connectivity index (χ1) is 10.6. The quantitative estimate of drug-likeness (QED) is 0.916. The Balaban J connectivity index is 1.66. The molecule has 1 aliphatic heterocycles. The number of carbonyl (C=O) groups is 1. The van der Waals surface area contributed by atoms with E-state index >= 15 is 0 Å². The van der Waals surface area contributed by atoms with Crippen molar-refractivity contribution < 1.29 is 15.0 Å². The van der Waals surface area contributed by atoms with Crippen LogP contribution in [0.1, 0.15) is 22.3 Å². The summed E-state index contributed by atoms with van der Waals surface area (Å²) in [4.78, 5) is 14.2. The predicted octanol–water partition coefficient (Wildman–Crippen LogP) is 2.80. The van der Waals surface area contributed by atoms with E-state index in [1.807, 2.05) is 18.2 Å². The van der Waals surface area contributed by atoms with Gasteiger partial charge >= 0.3 is 0 Å². The number of carbonyl (C=O) groups excluding carboxylic acids is 1. The molecule has 114 valence electrons. The summed E-state index contributed by atoms with van der Waals surface area (Å²) in [7, 11) is 0. The van der Waals surface area contributed by atoms with Crippen molar-refractivity contribution in [3.05, 3.63) is 59.7 Å². The highest BCUT2D eigenvalue weighted by Gasteiger charge is 2.28. The average Bonchev–Trinajstić information content (AvgIpc) is 2.96. The first kappa shape index (κ1) is 14.4. The Bertz CT molecular complexity index is 669. The van der Waals surface area contributed by atoms with Crippen LogP contribution in [0.5, 0.6) is 11.5 Å². The molecule has 1 amide bonds. The zero-order chi connectivity index (χ0) is 15.5. The molecule has 22 heavy (non-hydrogen) atoms. The molecule has 1 saturated heterocycles. The first-order valence-corrected chi connectivity index (χ1v) is 7.48. The van der Waals surface area contributed by atoms with Crippen LogP contribution in [0.15, 0.2) is 48.5 Å². The van der Waals surface area contributed by atoms with Gasteiger partial charge in [-0.15, -0.1) is 0 Å². The summed E-state index contributed by atoms with van der Waals surface area (Å²) < 4.78 is 0. The Kier molecular flexibility index (Phi) is 4.00. The Morgan fingerprint density at radius 2 is 1.91 bits per heavy atom. The molecule has 0 saturated carbocycles. The fourth-order valence-electron chi connectivity index (χ4n) is 3.00. The van der Waals surface area contributed by atoms with E-state index in [1.54, 1.807) is 4.90 Å². The summed E-state index contributed by atoms with van der Waals surface area (Å²) in [5.74, 6) is 0.0626. The van der Waals surface area contributed by atoms with Gasteiger partial charge in [-0.2, -0.15) is 0 Å². The van der Waals surface area contributed by atoms with Crippen LogP contribution in [0.3, 0.4) is 0 Å². The summed E-state index contributed by atoms with van der Waals surface area (Å²) in [6.07, 6.45) is 1.94. The molecule has 0 unspecified atom stereocenters. The molecule has 2 aromatic carbocycles. The van der Waals surface area contributed by atoms with Crippen molar-refractivity contribution in [2.75, 3.05) is 13.1 Å². The number of amides is 1. The number of hydrogen-bond acceptors (Lipinski definition) is 3. The van der Waals surface area contributed by atoms with E-state index in [0.717, 1.165) is 12.8 Å². The Hall–Kier alpha value is -2.49. The molecule has 3 rings (SSSR count). The maximum absolute atomic E-state index is 12.5. The zero-order valence-corrected chi connectivity index (χ0v) is 12.3. The largest absolute Gasteiger partial charge is 0.508 e. The van der Waals surface area contributed by atoms with Gasteiger partial charge in [0.15, 0.2) is 0 Å². The van der Waals surface area contributed by atoms with Gasteiger partial charge < -0.3 is 15.1 Å². The average molecular weight is 297 g/mol. The second-order valence-electron chi connectivity index (χ2n) is 5.80. The number of likely N-dealkylation sites (tertiary alicyclic amines) is 1. The maximum atomic E-state index is 12.5. The standard InChI is InChI=1S/C18H19NO3/c20-15-6-7-16(17(21)11-15)18(22)19-9-8-14(12-19)10-13-4-2-1-3-5-13/h1-7,11,14,20-21H,8-10,12H2/t14-/m0/s1. The van der Waals surface area contributed by atoms with E-state index in [4.69, 9.17) is 0 Å². The lowest BCUT2D eigenvalue weighted by Crippen LogP contribution is -2.29. The highest BCUT2D eigenvalue weighted by molar-refractivity contribution is 5.97. The van der Waals surface area contributed by atoms with Gasteiger partial charge in [0.25, 0.3) is 5.91 Å². The Morgan fingerprint density at radius 3 is 2.64 bits per heavy atom. The van der Waals surface area contributed by atoms with Gasteiger partial charge in [-0.25, -0.2) is 0 Å². The van der Waals surface area contributed by atoms with E-state index in [0.29, 0.717) is 19.0 Å². The lowest BCUT2D eigenvalue weighted by Gasteiger charge is -2.17. The minimum atomic E-state index is -0.173. The van der Waals surface area contributed by atoms with Gasteiger partial charge in [0, 0.05) is 19.2 Å². The molecular formula is C18H19NO3. The lowest BCUT2D eigenvalue weighted by molar-refractivity contribution is 0.0784. The number of phenols is 2. The first-order valence-electron chi connectivity index (χ1n) is 7.48. The third-order valence-electron chi connectivity index (χ3n) is 4.15. The van der Waals surface area contributed by atoms with Crippen molar-refractivity contribution in [3.8, 4) is 11.5 Å². The van der Waals surface area contributed by atoms with Crippen molar-refractivity contribution in [2.24, 2.45) is 5.92 Å². The van der Waals surface area contributed by atoms with Gasteiger partial charge in [0.2, 0.25) is 0 Å². The van der Waals surface area contributed by atoms with E-state index in [-0.39, 0.29) is 23.0 Å². The van der Waals surface area contributed by atoms with Crippen molar-refractivity contribution in [1.29, 1.82) is 0 Å². The maximum Gasteiger partial charge on any atom is 0.257 e. The number of hydrogen-bond donors (Lipinski definition) is 2. The molecule has 0 radical (unpaired) electrons. The molecule has 2 aromatic rings. The van der Waals surface area contributed by atoms with Crippen LogP contribution < -0.4 is 0 Å². The molecule has 2 N–H and O–H groups in total. The van der Waals surface area contributed by atoms with Crippen LogP contribution in [0.25, 0.3) is 0 Å². The highest BCUT2D eigenvalue weighted by Crippen LogP contribution is 2.27. The second-order valence-corrected chi connectivity index (χ2v) is 5.80. The Morgan fingerprint density at radius 1 is 1.14 bits per heavy atom. The summed E-state index contributed by atoms with van der Waals surface area (Å²) in [6, 6.07) is 14.4. The zero-order valence-electron chi connectivity index (χ0n) is 12.3.